The van der Waals surface area contributed by atoms with E-state index in [0.717, 1.165) is 59.2 Å². The molecule has 5 nitrogen and oxygen atoms in total. The number of aryl methyl sites for hydroxylation is 2. The van der Waals surface area contributed by atoms with Crippen LogP contribution in [0.15, 0.2) is 85.1 Å². The molecule has 0 amide bonds. The molecule has 1 unspecified atom stereocenters. The summed E-state index contributed by atoms with van der Waals surface area (Å²) in [7, 11) is 0. The Bertz CT molecular complexity index is 1340. The number of aliphatic hydroxyl groups excluding tert-OH is 1. The summed E-state index contributed by atoms with van der Waals surface area (Å²) in [5.41, 5.74) is 7.33. The Morgan fingerprint density at radius 2 is 1.57 bits per heavy atom. The summed E-state index contributed by atoms with van der Waals surface area (Å²) in [5, 5.41) is 24.9. The van der Waals surface area contributed by atoms with Crippen LogP contribution in [-0.2, 0) is 23.2 Å². The van der Waals surface area contributed by atoms with Crippen LogP contribution in [0.25, 0.3) is 22.3 Å². The van der Waals surface area contributed by atoms with Gasteiger partial charge in [-0.3, -0.25) is 9.48 Å². The summed E-state index contributed by atoms with van der Waals surface area (Å²) in [6, 6.07) is 27.1. The van der Waals surface area contributed by atoms with Crippen LogP contribution in [0.1, 0.15) is 62.0 Å². The van der Waals surface area contributed by atoms with Crippen molar-refractivity contribution in [2.45, 2.75) is 63.5 Å². The van der Waals surface area contributed by atoms with Crippen LogP contribution in [0.5, 0.6) is 0 Å². The number of benzene rings is 3. The second kappa shape index (κ2) is 10.7. The van der Waals surface area contributed by atoms with Crippen molar-refractivity contribution >= 4 is 5.97 Å². The SMILES string of the molecule is CCn1ncc(-c2ccc(-c3ccc(C4(CC(=O)O)CC4)cc3)cc2)c1C(O)CCCc1ccccc1. The highest BCUT2D eigenvalue weighted by molar-refractivity contribution is 5.73. The Morgan fingerprint density at radius 1 is 0.946 bits per heavy atom. The van der Waals surface area contributed by atoms with Gasteiger partial charge in [-0.25, -0.2) is 0 Å². The molecule has 4 aromatic rings. The zero-order valence-electron chi connectivity index (χ0n) is 21.3. The Kier molecular flexibility index (Phi) is 7.24. The fourth-order valence-corrected chi connectivity index (χ4v) is 5.37. The monoisotopic (exact) mass is 494 g/mol. The topological polar surface area (TPSA) is 75.4 Å². The molecule has 1 aliphatic carbocycles. The minimum absolute atomic E-state index is 0.175. The first-order valence-corrected chi connectivity index (χ1v) is 13.2. The van der Waals surface area contributed by atoms with E-state index in [1.54, 1.807) is 0 Å². The molecule has 1 fully saturated rings. The quantitative estimate of drug-likeness (QED) is 0.240. The molecule has 37 heavy (non-hydrogen) atoms. The van der Waals surface area contributed by atoms with Gasteiger partial charge in [-0.2, -0.15) is 5.10 Å². The van der Waals surface area contributed by atoms with Gasteiger partial charge in [0.05, 0.1) is 24.4 Å². The van der Waals surface area contributed by atoms with Crippen molar-refractivity contribution in [2.75, 3.05) is 0 Å². The lowest BCUT2D eigenvalue weighted by Gasteiger charge is -2.16. The fraction of sp³-hybridized carbons (Fsp3) is 0.312. The molecule has 1 heterocycles. The molecule has 0 spiro atoms. The zero-order chi connectivity index (χ0) is 25.8. The van der Waals surface area contributed by atoms with Gasteiger partial charge in [0.1, 0.15) is 0 Å². The van der Waals surface area contributed by atoms with Crippen LogP contribution in [0.3, 0.4) is 0 Å². The summed E-state index contributed by atoms with van der Waals surface area (Å²) in [6.07, 6.45) is 5.91. The minimum Gasteiger partial charge on any atom is -0.481 e. The minimum atomic E-state index is -0.732. The largest absolute Gasteiger partial charge is 0.481 e. The smallest absolute Gasteiger partial charge is 0.304 e. The van der Waals surface area contributed by atoms with Crippen LogP contribution in [0.2, 0.25) is 0 Å². The van der Waals surface area contributed by atoms with E-state index in [1.807, 2.05) is 23.9 Å². The Balaban J connectivity index is 1.30. The van der Waals surface area contributed by atoms with Gasteiger partial charge in [-0.1, -0.05) is 78.9 Å². The average Bonchev–Trinajstić information content (AvgIpc) is 3.56. The number of nitrogens with zero attached hydrogens (tertiary/aromatic N) is 2. The predicted octanol–water partition coefficient (Wildman–Crippen LogP) is 6.80. The maximum absolute atomic E-state index is 11.2. The van der Waals surface area contributed by atoms with Gasteiger partial charge in [0, 0.05) is 17.5 Å². The number of aliphatic carboxylic acids is 1. The number of hydrogen-bond donors (Lipinski definition) is 2. The van der Waals surface area contributed by atoms with Crippen LogP contribution in [0, 0.1) is 0 Å². The first-order chi connectivity index (χ1) is 18.0. The van der Waals surface area contributed by atoms with Gasteiger partial charge in [-0.05, 0) is 66.8 Å². The Morgan fingerprint density at radius 3 is 2.16 bits per heavy atom. The molecule has 1 aromatic heterocycles. The third-order valence-corrected chi connectivity index (χ3v) is 7.65. The molecule has 190 valence electrons. The van der Waals surface area contributed by atoms with Crippen molar-refractivity contribution in [3.05, 3.63) is 102 Å². The van der Waals surface area contributed by atoms with Crippen molar-refractivity contribution in [1.29, 1.82) is 0 Å². The van der Waals surface area contributed by atoms with E-state index in [1.165, 1.54) is 5.56 Å². The van der Waals surface area contributed by atoms with Gasteiger partial charge in [0.15, 0.2) is 0 Å². The number of carbonyl (C=O) groups is 1. The van der Waals surface area contributed by atoms with E-state index in [-0.39, 0.29) is 11.8 Å². The number of rotatable bonds is 11. The molecular weight excluding hydrogens is 460 g/mol. The summed E-state index contributed by atoms with van der Waals surface area (Å²) < 4.78 is 1.90. The molecule has 1 saturated carbocycles. The molecule has 0 bridgehead atoms. The fourth-order valence-electron chi connectivity index (χ4n) is 5.37. The van der Waals surface area contributed by atoms with E-state index in [2.05, 4.69) is 77.9 Å². The second-order valence-corrected chi connectivity index (χ2v) is 10.2. The zero-order valence-corrected chi connectivity index (χ0v) is 21.3. The van der Waals surface area contributed by atoms with Gasteiger partial charge in [-0.15, -0.1) is 0 Å². The average molecular weight is 495 g/mol. The van der Waals surface area contributed by atoms with Crippen LogP contribution >= 0.6 is 0 Å². The normalized spacial score (nSPS) is 14.9. The first-order valence-electron chi connectivity index (χ1n) is 13.2. The number of aliphatic hydroxyl groups is 1. The summed E-state index contributed by atoms with van der Waals surface area (Å²) in [6.45, 7) is 2.75. The number of hydrogen-bond acceptors (Lipinski definition) is 3. The van der Waals surface area contributed by atoms with E-state index >= 15 is 0 Å². The molecule has 0 aliphatic heterocycles. The number of carboxylic acid groups (broad SMARTS) is 1. The van der Waals surface area contributed by atoms with Crippen LogP contribution < -0.4 is 0 Å². The lowest BCUT2D eigenvalue weighted by molar-refractivity contribution is -0.137. The molecule has 5 heteroatoms. The molecule has 0 radical (unpaired) electrons. The van der Waals surface area contributed by atoms with Crippen molar-refractivity contribution in [3.63, 3.8) is 0 Å². The molecule has 1 aliphatic rings. The first kappa shape index (κ1) is 25.0. The van der Waals surface area contributed by atoms with Crippen molar-refractivity contribution < 1.29 is 15.0 Å². The molecular formula is C32H34N2O3. The maximum Gasteiger partial charge on any atom is 0.304 e. The summed E-state index contributed by atoms with van der Waals surface area (Å²) in [5.74, 6) is -0.732. The van der Waals surface area contributed by atoms with Crippen molar-refractivity contribution in [1.82, 2.24) is 9.78 Å². The molecule has 1 atom stereocenters. The third kappa shape index (κ3) is 5.52. The number of aromatic nitrogens is 2. The van der Waals surface area contributed by atoms with E-state index in [0.29, 0.717) is 13.0 Å². The summed E-state index contributed by atoms with van der Waals surface area (Å²) in [4.78, 5) is 11.2. The van der Waals surface area contributed by atoms with Gasteiger partial charge in [0.25, 0.3) is 0 Å². The predicted molar refractivity (Wildman–Crippen MR) is 146 cm³/mol. The lowest BCUT2D eigenvalue weighted by Crippen LogP contribution is -2.12. The summed E-state index contributed by atoms with van der Waals surface area (Å²) >= 11 is 0. The van der Waals surface area contributed by atoms with E-state index < -0.39 is 12.1 Å². The van der Waals surface area contributed by atoms with Crippen LogP contribution in [0.4, 0.5) is 0 Å². The van der Waals surface area contributed by atoms with E-state index in [4.69, 9.17) is 0 Å². The lowest BCUT2D eigenvalue weighted by atomic mass is 9.90. The van der Waals surface area contributed by atoms with Gasteiger partial charge >= 0.3 is 5.97 Å². The molecule has 2 N–H and O–H groups in total. The van der Waals surface area contributed by atoms with E-state index in [9.17, 15) is 15.0 Å². The molecule has 3 aromatic carbocycles. The van der Waals surface area contributed by atoms with Crippen molar-refractivity contribution in [2.24, 2.45) is 0 Å². The number of carboxylic acids is 1. The standard InChI is InChI=1S/C32H34N2O3/c1-2-34-31(29(35)10-6-9-23-7-4-3-5-8-23)28(22-33-34)26-13-11-24(12-14-26)25-15-17-27(18-16-25)32(19-20-32)21-30(36)37/h3-5,7-8,11-18,22,29,35H,2,6,9-10,19-21H2,1H3,(H,36,37). The van der Waals surface area contributed by atoms with Crippen LogP contribution in [-0.4, -0.2) is 26.0 Å². The van der Waals surface area contributed by atoms with Gasteiger partial charge in [0.2, 0.25) is 0 Å². The third-order valence-electron chi connectivity index (χ3n) is 7.65. The molecule has 5 rings (SSSR count). The highest BCUT2D eigenvalue weighted by Crippen LogP contribution is 2.51. The van der Waals surface area contributed by atoms with Crippen molar-refractivity contribution in [3.8, 4) is 22.3 Å². The van der Waals surface area contributed by atoms with Gasteiger partial charge < -0.3 is 10.2 Å². The highest BCUT2D eigenvalue weighted by atomic mass is 16.4. The maximum atomic E-state index is 11.2. The Labute approximate surface area is 218 Å². The highest BCUT2D eigenvalue weighted by Gasteiger charge is 2.45. The Hall–Kier alpha value is -3.70. The molecule has 0 saturated heterocycles. The second-order valence-electron chi connectivity index (χ2n) is 10.2.